The number of amides is 2. The highest BCUT2D eigenvalue weighted by atomic mass is 32.2. The van der Waals surface area contributed by atoms with Gasteiger partial charge in [-0.15, -0.1) is 5.10 Å². The molecule has 1 aromatic heterocycles. The molecule has 1 aliphatic heterocycles. The van der Waals surface area contributed by atoms with Gasteiger partial charge in [-0.3, -0.25) is 9.59 Å². The van der Waals surface area contributed by atoms with Gasteiger partial charge in [0.05, 0.1) is 12.2 Å². The van der Waals surface area contributed by atoms with Gasteiger partial charge in [0, 0.05) is 30.2 Å². The summed E-state index contributed by atoms with van der Waals surface area (Å²) in [5.74, 6) is 2.05. The SMILES string of the molecule is CCCSc1nc2n(n1)C(c1ccc(OCC(=O)N(CC)CC)c(OCC)c1)C(C(=O)Nc1cccc(C)c1)=C(C)N2. The molecular weight excluding hydrogens is 552 g/mol. The number of thioether (sulfide) groups is 1. The smallest absolute Gasteiger partial charge is 0.260 e. The number of rotatable bonds is 13. The van der Waals surface area contributed by atoms with Crippen LogP contribution < -0.4 is 20.1 Å². The number of ether oxygens (including phenoxy) is 2. The summed E-state index contributed by atoms with van der Waals surface area (Å²) in [6.07, 6.45) is 0.989. The van der Waals surface area contributed by atoms with Crippen molar-refractivity contribution in [2.24, 2.45) is 0 Å². The van der Waals surface area contributed by atoms with E-state index in [9.17, 15) is 9.59 Å². The van der Waals surface area contributed by atoms with Crippen LogP contribution in [0.3, 0.4) is 0 Å². The Bertz CT molecular complexity index is 1450. The molecule has 11 heteroatoms. The lowest BCUT2D eigenvalue weighted by atomic mass is 9.94. The lowest BCUT2D eigenvalue weighted by Crippen LogP contribution is -2.34. The molecule has 0 saturated heterocycles. The second-order valence-corrected chi connectivity index (χ2v) is 11.0. The van der Waals surface area contributed by atoms with Gasteiger partial charge in [0.15, 0.2) is 18.1 Å². The average Bonchev–Trinajstić information content (AvgIpc) is 3.37. The highest BCUT2D eigenvalue weighted by molar-refractivity contribution is 7.99. The minimum Gasteiger partial charge on any atom is -0.490 e. The van der Waals surface area contributed by atoms with Crippen LogP contribution in [-0.4, -0.2) is 63.5 Å². The summed E-state index contributed by atoms with van der Waals surface area (Å²) in [5.41, 5.74) is 3.71. The molecule has 0 bridgehead atoms. The summed E-state index contributed by atoms with van der Waals surface area (Å²) >= 11 is 1.57. The maximum Gasteiger partial charge on any atom is 0.260 e. The normalized spacial score (nSPS) is 14.2. The Kier molecular flexibility index (Phi) is 10.5. The predicted molar refractivity (Wildman–Crippen MR) is 166 cm³/mol. The first-order valence-electron chi connectivity index (χ1n) is 14.4. The van der Waals surface area contributed by atoms with E-state index in [1.54, 1.807) is 27.4 Å². The summed E-state index contributed by atoms with van der Waals surface area (Å²) in [6, 6.07) is 12.6. The van der Waals surface area contributed by atoms with E-state index < -0.39 is 6.04 Å². The number of nitrogens with one attached hydrogen (secondary N) is 2. The van der Waals surface area contributed by atoms with Crippen LogP contribution in [0.5, 0.6) is 11.5 Å². The quantitative estimate of drug-likeness (QED) is 0.245. The molecule has 1 atom stereocenters. The van der Waals surface area contributed by atoms with Gasteiger partial charge in [-0.05, 0) is 76.4 Å². The van der Waals surface area contributed by atoms with Crippen molar-refractivity contribution in [2.45, 2.75) is 59.2 Å². The van der Waals surface area contributed by atoms with E-state index in [0.29, 0.717) is 59.3 Å². The summed E-state index contributed by atoms with van der Waals surface area (Å²) in [4.78, 5) is 32.9. The third-order valence-electron chi connectivity index (χ3n) is 6.84. The molecule has 0 saturated carbocycles. The molecule has 0 spiro atoms. The Morgan fingerprint density at radius 3 is 2.52 bits per heavy atom. The third-order valence-corrected chi connectivity index (χ3v) is 7.88. The van der Waals surface area contributed by atoms with Gasteiger partial charge in [0.1, 0.15) is 6.04 Å². The summed E-state index contributed by atoms with van der Waals surface area (Å²) in [7, 11) is 0. The van der Waals surface area contributed by atoms with Gasteiger partial charge in [-0.1, -0.05) is 36.9 Å². The maximum atomic E-state index is 13.9. The first kappa shape index (κ1) is 31.0. The van der Waals surface area contributed by atoms with Crippen molar-refractivity contribution in [2.75, 3.05) is 42.7 Å². The molecule has 1 unspecified atom stereocenters. The molecule has 42 heavy (non-hydrogen) atoms. The maximum absolute atomic E-state index is 13.9. The van der Waals surface area contributed by atoms with Gasteiger partial charge in [-0.2, -0.15) is 4.98 Å². The van der Waals surface area contributed by atoms with E-state index in [2.05, 4.69) is 17.6 Å². The summed E-state index contributed by atoms with van der Waals surface area (Å²) in [5, 5.41) is 11.8. The monoisotopic (exact) mass is 592 g/mol. The number of fused-ring (bicyclic) bond motifs is 1. The Labute approximate surface area is 251 Å². The number of carbonyl (C=O) groups excluding carboxylic acids is 2. The number of aryl methyl sites for hydroxylation is 1. The highest BCUT2D eigenvalue weighted by Crippen LogP contribution is 2.40. The molecule has 10 nitrogen and oxygen atoms in total. The average molecular weight is 593 g/mol. The largest absolute Gasteiger partial charge is 0.490 e. The zero-order valence-electron chi connectivity index (χ0n) is 25.2. The van der Waals surface area contributed by atoms with E-state index in [4.69, 9.17) is 19.6 Å². The van der Waals surface area contributed by atoms with Crippen LogP contribution in [0.15, 0.2) is 58.9 Å². The molecule has 2 heterocycles. The van der Waals surface area contributed by atoms with Gasteiger partial charge in [0.2, 0.25) is 11.1 Å². The first-order valence-corrected chi connectivity index (χ1v) is 15.4. The van der Waals surface area contributed by atoms with Crippen molar-refractivity contribution in [3.63, 3.8) is 0 Å². The van der Waals surface area contributed by atoms with Gasteiger partial charge < -0.3 is 25.0 Å². The zero-order chi connectivity index (χ0) is 30.2. The van der Waals surface area contributed by atoms with Crippen molar-refractivity contribution in [1.29, 1.82) is 0 Å². The second kappa shape index (κ2) is 14.3. The Hall–Kier alpha value is -3.99. The fraction of sp³-hybridized carbons (Fsp3) is 0.419. The fourth-order valence-corrected chi connectivity index (χ4v) is 5.48. The molecule has 1 aliphatic rings. The first-order chi connectivity index (χ1) is 20.3. The molecule has 4 rings (SSSR count). The molecule has 3 aromatic rings. The number of hydrogen-bond acceptors (Lipinski definition) is 8. The van der Waals surface area contributed by atoms with Crippen molar-refractivity contribution >= 4 is 35.2 Å². The highest BCUT2D eigenvalue weighted by Gasteiger charge is 2.35. The zero-order valence-corrected chi connectivity index (χ0v) is 26.0. The molecule has 2 amide bonds. The Morgan fingerprint density at radius 1 is 1.05 bits per heavy atom. The minimum absolute atomic E-state index is 0.0944. The van der Waals surface area contributed by atoms with Crippen molar-refractivity contribution in [1.82, 2.24) is 19.7 Å². The molecule has 224 valence electrons. The minimum atomic E-state index is -0.583. The van der Waals surface area contributed by atoms with Crippen molar-refractivity contribution < 1.29 is 19.1 Å². The number of nitrogens with zero attached hydrogens (tertiary/aromatic N) is 4. The van der Waals surface area contributed by atoms with Crippen LogP contribution in [0.4, 0.5) is 11.6 Å². The number of allylic oxidation sites excluding steroid dienone is 1. The number of carbonyl (C=O) groups is 2. The van der Waals surface area contributed by atoms with Gasteiger partial charge in [-0.25, -0.2) is 4.68 Å². The third kappa shape index (κ3) is 7.07. The fourth-order valence-electron chi connectivity index (χ4n) is 4.80. The molecular formula is C31H40N6O4S. The van der Waals surface area contributed by atoms with Crippen LogP contribution in [0.2, 0.25) is 0 Å². The van der Waals surface area contributed by atoms with Crippen LogP contribution >= 0.6 is 11.8 Å². The molecule has 0 aliphatic carbocycles. The molecule has 2 aromatic carbocycles. The second-order valence-electron chi connectivity index (χ2n) is 9.89. The number of anilines is 2. The standard InChI is InChI=1S/C31H40N6O4S/c1-7-16-42-31-34-30-32-21(6)27(29(39)33-23-13-11-12-20(5)17-23)28(37(30)35-31)22-14-15-24(25(18-22)40-10-4)41-19-26(38)36(8-2)9-3/h11-15,17-18,28H,7-10,16,19H2,1-6H3,(H,33,39)(H,32,34,35). The van der Waals surface area contributed by atoms with Crippen LogP contribution in [0.25, 0.3) is 0 Å². The number of benzene rings is 2. The Morgan fingerprint density at radius 2 is 1.83 bits per heavy atom. The van der Waals surface area contributed by atoms with Gasteiger partial charge in [0.25, 0.3) is 11.8 Å². The van der Waals surface area contributed by atoms with E-state index >= 15 is 0 Å². The van der Waals surface area contributed by atoms with E-state index in [1.807, 2.05) is 71.0 Å². The predicted octanol–water partition coefficient (Wildman–Crippen LogP) is 5.66. The number of aromatic nitrogens is 3. The van der Waals surface area contributed by atoms with E-state index in [-0.39, 0.29) is 18.4 Å². The molecule has 2 N–H and O–H groups in total. The van der Waals surface area contributed by atoms with E-state index in [1.165, 1.54) is 0 Å². The van der Waals surface area contributed by atoms with Crippen LogP contribution in [-0.2, 0) is 9.59 Å². The van der Waals surface area contributed by atoms with Crippen molar-refractivity contribution in [3.8, 4) is 11.5 Å². The lowest BCUT2D eigenvalue weighted by molar-refractivity contribution is -0.133. The summed E-state index contributed by atoms with van der Waals surface area (Å²) in [6.45, 7) is 13.3. The lowest BCUT2D eigenvalue weighted by Gasteiger charge is -2.29. The number of likely N-dealkylation sites (N-methyl/N-ethyl adjacent to an activating group) is 1. The summed E-state index contributed by atoms with van der Waals surface area (Å²) < 4.78 is 13.6. The van der Waals surface area contributed by atoms with Crippen LogP contribution in [0.1, 0.15) is 58.2 Å². The molecule has 0 fully saturated rings. The van der Waals surface area contributed by atoms with Gasteiger partial charge >= 0.3 is 0 Å². The van der Waals surface area contributed by atoms with Crippen LogP contribution in [0, 0.1) is 6.92 Å². The number of hydrogen-bond donors (Lipinski definition) is 2. The van der Waals surface area contributed by atoms with Crippen molar-refractivity contribution in [3.05, 3.63) is 64.9 Å². The topological polar surface area (TPSA) is 111 Å². The van der Waals surface area contributed by atoms with E-state index in [0.717, 1.165) is 23.3 Å². The Balaban J connectivity index is 1.73. The molecule has 0 radical (unpaired) electrons.